The van der Waals surface area contributed by atoms with Crippen molar-refractivity contribution in [1.29, 1.82) is 0 Å². The van der Waals surface area contributed by atoms with Crippen LogP contribution in [0.25, 0.3) is 11.1 Å². The minimum absolute atomic E-state index is 0.272. The smallest absolute Gasteiger partial charge is 0.335 e. The number of carboxylic acids is 1. The van der Waals surface area contributed by atoms with Crippen molar-refractivity contribution < 1.29 is 14.6 Å². The number of rotatable bonds is 3. The third-order valence-corrected chi connectivity index (χ3v) is 3.16. The second-order valence-electron chi connectivity index (χ2n) is 4.18. The van der Waals surface area contributed by atoms with Crippen LogP contribution in [0.5, 0.6) is 5.75 Å². The lowest BCUT2D eigenvalue weighted by molar-refractivity contribution is 0.0697. The SMILES string of the molecule is COc1cc(Cl)ccc1-c1ccc(C(=O)O)cc1C. The minimum atomic E-state index is -0.933. The molecule has 0 aliphatic heterocycles. The molecule has 0 bridgehead atoms. The van der Waals surface area contributed by atoms with Gasteiger partial charge in [0.2, 0.25) is 0 Å². The number of halogens is 1. The molecule has 2 rings (SSSR count). The molecule has 4 heteroatoms. The van der Waals surface area contributed by atoms with Crippen LogP contribution in [0.1, 0.15) is 15.9 Å². The molecule has 0 saturated heterocycles. The maximum absolute atomic E-state index is 10.9. The number of hydrogen-bond acceptors (Lipinski definition) is 2. The van der Waals surface area contributed by atoms with Crippen LogP contribution in [0, 0.1) is 6.92 Å². The second-order valence-corrected chi connectivity index (χ2v) is 4.62. The van der Waals surface area contributed by atoms with Gasteiger partial charge in [-0.15, -0.1) is 0 Å². The maximum Gasteiger partial charge on any atom is 0.335 e. The lowest BCUT2D eigenvalue weighted by atomic mass is 9.97. The number of ether oxygens (including phenoxy) is 1. The van der Waals surface area contributed by atoms with Gasteiger partial charge in [-0.05, 0) is 48.4 Å². The summed E-state index contributed by atoms with van der Waals surface area (Å²) < 4.78 is 5.31. The molecule has 0 fully saturated rings. The first kappa shape index (κ1) is 13.4. The summed E-state index contributed by atoms with van der Waals surface area (Å²) >= 11 is 5.93. The molecule has 19 heavy (non-hydrogen) atoms. The highest BCUT2D eigenvalue weighted by Gasteiger charge is 2.11. The number of methoxy groups -OCH3 is 1. The summed E-state index contributed by atoms with van der Waals surface area (Å²) in [6.45, 7) is 1.87. The number of hydrogen-bond donors (Lipinski definition) is 1. The van der Waals surface area contributed by atoms with Crippen molar-refractivity contribution >= 4 is 17.6 Å². The van der Waals surface area contributed by atoms with Crippen molar-refractivity contribution in [3.63, 3.8) is 0 Å². The first-order valence-corrected chi connectivity index (χ1v) is 6.08. The summed E-state index contributed by atoms with van der Waals surface area (Å²) in [5, 5.41) is 9.56. The van der Waals surface area contributed by atoms with Crippen molar-refractivity contribution in [2.75, 3.05) is 7.11 Å². The molecule has 0 aliphatic rings. The number of benzene rings is 2. The molecular weight excluding hydrogens is 264 g/mol. The van der Waals surface area contributed by atoms with E-state index in [0.29, 0.717) is 10.8 Å². The van der Waals surface area contributed by atoms with E-state index < -0.39 is 5.97 Å². The van der Waals surface area contributed by atoms with E-state index in [4.69, 9.17) is 21.4 Å². The van der Waals surface area contributed by atoms with Crippen LogP contribution < -0.4 is 4.74 Å². The first-order valence-electron chi connectivity index (χ1n) is 5.71. The zero-order valence-electron chi connectivity index (χ0n) is 10.6. The largest absolute Gasteiger partial charge is 0.496 e. The molecule has 2 aromatic rings. The van der Waals surface area contributed by atoms with Crippen LogP contribution in [-0.4, -0.2) is 18.2 Å². The summed E-state index contributed by atoms with van der Waals surface area (Å²) in [4.78, 5) is 10.9. The Morgan fingerprint density at radius 2 is 1.84 bits per heavy atom. The molecule has 0 atom stereocenters. The molecule has 0 aromatic heterocycles. The van der Waals surface area contributed by atoms with E-state index in [1.165, 1.54) is 0 Å². The van der Waals surface area contributed by atoms with Crippen LogP contribution >= 0.6 is 11.6 Å². The van der Waals surface area contributed by atoms with E-state index in [9.17, 15) is 4.79 Å². The Morgan fingerprint density at radius 3 is 2.42 bits per heavy atom. The van der Waals surface area contributed by atoms with Gasteiger partial charge < -0.3 is 9.84 Å². The van der Waals surface area contributed by atoms with Gasteiger partial charge in [0.25, 0.3) is 0 Å². The highest BCUT2D eigenvalue weighted by molar-refractivity contribution is 6.30. The first-order chi connectivity index (χ1) is 9.02. The zero-order chi connectivity index (χ0) is 14.0. The predicted octanol–water partition coefficient (Wildman–Crippen LogP) is 4.02. The van der Waals surface area contributed by atoms with Crippen LogP contribution in [0.3, 0.4) is 0 Å². The number of carboxylic acid groups (broad SMARTS) is 1. The van der Waals surface area contributed by atoms with E-state index in [-0.39, 0.29) is 5.56 Å². The molecule has 0 heterocycles. The lowest BCUT2D eigenvalue weighted by Crippen LogP contribution is -1.97. The Morgan fingerprint density at radius 1 is 1.16 bits per heavy atom. The van der Waals surface area contributed by atoms with Crippen LogP contribution in [-0.2, 0) is 0 Å². The Bertz CT molecular complexity index is 635. The van der Waals surface area contributed by atoms with E-state index in [1.807, 2.05) is 13.0 Å². The van der Waals surface area contributed by atoms with E-state index >= 15 is 0 Å². The maximum atomic E-state index is 10.9. The topological polar surface area (TPSA) is 46.5 Å². The molecule has 2 aromatic carbocycles. The van der Waals surface area contributed by atoms with E-state index in [2.05, 4.69) is 0 Å². The molecule has 0 aliphatic carbocycles. The van der Waals surface area contributed by atoms with Gasteiger partial charge in [-0.3, -0.25) is 0 Å². The number of aromatic carboxylic acids is 1. The second kappa shape index (κ2) is 5.33. The van der Waals surface area contributed by atoms with Gasteiger partial charge in [-0.2, -0.15) is 0 Å². The van der Waals surface area contributed by atoms with Crippen LogP contribution in [0.4, 0.5) is 0 Å². The summed E-state index contributed by atoms with van der Waals surface area (Å²) in [6.07, 6.45) is 0. The Balaban J connectivity index is 2.56. The van der Waals surface area contributed by atoms with Gasteiger partial charge in [-0.25, -0.2) is 4.79 Å². The van der Waals surface area contributed by atoms with Gasteiger partial charge in [0.15, 0.2) is 0 Å². The van der Waals surface area contributed by atoms with E-state index in [0.717, 1.165) is 16.7 Å². The average Bonchev–Trinajstić information content (AvgIpc) is 2.38. The quantitative estimate of drug-likeness (QED) is 0.921. The average molecular weight is 277 g/mol. The standard InChI is InChI=1S/C15H13ClO3/c1-9-7-10(15(17)18)3-5-12(9)13-6-4-11(16)8-14(13)19-2/h3-8H,1-2H3,(H,17,18). The molecule has 0 spiro atoms. The van der Waals surface area contributed by atoms with Crippen LogP contribution in [0.15, 0.2) is 36.4 Å². The molecule has 0 saturated carbocycles. The fraction of sp³-hybridized carbons (Fsp3) is 0.133. The highest BCUT2D eigenvalue weighted by Crippen LogP contribution is 2.34. The van der Waals surface area contributed by atoms with Gasteiger partial charge in [-0.1, -0.05) is 17.7 Å². The molecule has 98 valence electrons. The summed E-state index contributed by atoms with van der Waals surface area (Å²) in [5.74, 6) is -0.267. The number of aryl methyl sites for hydroxylation is 1. The molecule has 3 nitrogen and oxygen atoms in total. The zero-order valence-corrected chi connectivity index (χ0v) is 11.4. The summed E-state index contributed by atoms with van der Waals surface area (Å²) in [7, 11) is 1.58. The highest BCUT2D eigenvalue weighted by atomic mass is 35.5. The third kappa shape index (κ3) is 2.71. The van der Waals surface area contributed by atoms with Gasteiger partial charge in [0, 0.05) is 10.6 Å². The summed E-state index contributed by atoms with van der Waals surface area (Å²) in [6, 6.07) is 10.4. The fourth-order valence-electron chi connectivity index (χ4n) is 1.99. The monoisotopic (exact) mass is 276 g/mol. The molecule has 0 amide bonds. The summed E-state index contributed by atoms with van der Waals surface area (Å²) in [5.41, 5.74) is 2.97. The van der Waals surface area contributed by atoms with Crippen molar-refractivity contribution in [2.45, 2.75) is 6.92 Å². The normalized spacial score (nSPS) is 10.3. The van der Waals surface area contributed by atoms with Gasteiger partial charge in [0.1, 0.15) is 5.75 Å². The minimum Gasteiger partial charge on any atom is -0.496 e. The lowest BCUT2D eigenvalue weighted by Gasteiger charge is -2.12. The molecule has 0 radical (unpaired) electrons. The molecular formula is C15H13ClO3. The Labute approximate surface area is 116 Å². The van der Waals surface area contributed by atoms with Crippen molar-refractivity contribution in [3.05, 3.63) is 52.5 Å². The van der Waals surface area contributed by atoms with Gasteiger partial charge >= 0.3 is 5.97 Å². The Kier molecular flexibility index (Phi) is 3.76. The van der Waals surface area contributed by atoms with Crippen LogP contribution in [0.2, 0.25) is 5.02 Å². The van der Waals surface area contributed by atoms with Crippen molar-refractivity contribution in [1.82, 2.24) is 0 Å². The third-order valence-electron chi connectivity index (χ3n) is 2.93. The Hall–Kier alpha value is -2.00. The predicted molar refractivity (Wildman–Crippen MR) is 75.1 cm³/mol. The molecule has 0 unspecified atom stereocenters. The van der Waals surface area contributed by atoms with E-state index in [1.54, 1.807) is 37.4 Å². The van der Waals surface area contributed by atoms with Gasteiger partial charge in [0.05, 0.1) is 12.7 Å². The fourth-order valence-corrected chi connectivity index (χ4v) is 2.15. The number of carbonyl (C=O) groups is 1. The van der Waals surface area contributed by atoms with Crippen molar-refractivity contribution in [2.24, 2.45) is 0 Å². The van der Waals surface area contributed by atoms with Crippen molar-refractivity contribution in [3.8, 4) is 16.9 Å². The molecule has 1 N–H and O–H groups in total.